The van der Waals surface area contributed by atoms with Crippen LogP contribution < -0.4 is 10.1 Å². The van der Waals surface area contributed by atoms with Gasteiger partial charge in [0.25, 0.3) is 5.91 Å². The first kappa shape index (κ1) is 19.9. The Morgan fingerprint density at radius 2 is 2.00 bits per heavy atom. The molecule has 0 saturated heterocycles. The van der Waals surface area contributed by atoms with Crippen LogP contribution in [0.3, 0.4) is 0 Å². The number of amides is 1. The van der Waals surface area contributed by atoms with E-state index in [1.807, 2.05) is 18.2 Å². The Morgan fingerprint density at radius 1 is 1.18 bits per heavy atom. The number of aromatic nitrogens is 1. The van der Waals surface area contributed by atoms with Crippen molar-refractivity contribution in [3.63, 3.8) is 0 Å². The van der Waals surface area contributed by atoms with Gasteiger partial charge < -0.3 is 14.8 Å². The maximum absolute atomic E-state index is 12.1. The zero-order valence-corrected chi connectivity index (χ0v) is 16.5. The third-order valence-electron chi connectivity index (χ3n) is 3.76. The number of halogens is 1. The molecule has 0 saturated carbocycles. The van der Waals surface area contributed by atoms with E-state index in [0.717, 1.165) is 10.6 Å². The van der Waals surface area contributed by atoms with E-state index in [-0.39, 0.29) is 19.1 Å². The molecule has 144 valence electrons. The molecule has 1 N–H and O–H groups in total. The summed E-state index contributed by atoms with van der Waals surface area (Å²) in [5.74, 6) is -0.373. The number of rotatable bonds is 7. The maximum atomic E-state index is 12.1. The number of esters is 1. The molecule has 0 aliphatic rings. The fraction of sp³-hybridized carbons (Fsp3) is 0.150. The second kappa shape index (κ2) is 9.34. The highest BCUT2D eigenvalue weighted by molar-refractivity contribution is 7.13. The molecule has 3 rings (SSSR count). The first-order chi connectivity index (χ1) is 13.6. The number of hydrogen-bond donors (Lipinski definition) is 1. The van der Waals surface area contributed by atoms with Crippen molar-refractivity contribution in [3.05, 3.63) is 70.2 Å². The summed E-state index contributed by atoms with van der Waals surface area (Å²) in [5.41, 5.74) is 1.85. The normalized spacial score (nSPS) is 10.4. The molecule has 0 atom stereocenters. The van der Waals surface area contributed by atoms with Crippen molar-refractivity contribution < 1.29 is 19.1 Å². The van der Waals surface area contributed by atoms with Gasteiger partial charge in [0.1, 0.15) is 23.9 Å². The lowest BCUT2D eigenvalue weighted by atomic mass is 10.2. The minimum absolute atomic E-state index is 0.0226. The Labute approximate surface area is 171 Å². The zero-order chi connectivity index (χ0) is 19.9. The SMILES string of the molecule is COc1cccc(C(=O)NCC(=O)OCc2csc(-c3ccccc3Cl)n2)c1. The highest BCUT2D eigenvalue weighted by Gasteiger charge is 2.12. The molecular weight excluding hydrogens is 400 g/mol. The van der Waals surface area contributed by atoms with Crippen LogP contribution in [0, 0.1) is 0 Å². The van der Waals surface area contributed by atoms with Crippen molar-refractivity contribution >= 4 is 34.8 Å². The summed E-state index contributed by atoms with van der Waals surface area (Å²) in [4.78, 5) is 28.4. The van der Waals surface area contributed by atoms with E-state index in [2.05, 4.69) is 10.3 Å². The molecule has 0 radical (unpaired) electrons. The Balaban J connectivity index is 1.49. The molecule has 0 fully saturated rings. The Morgan fingerprint density at radius 3 is 2.79 bits per heavy atom. The number of nitrogens with zero attached hydrogens (tertiary/aromatic N) is 1. The van der Waals surface area contributed by atoms with E-state index in [1.165, 1.54) is 18.4 Å². The van der Waals surface area contributed by atoms with Gasteiger partial charge in [0.05, 0.1) is 17.8 Å². The minimum Gasteiger partial charge on any atom is -0.497 e. The monoisotopic (exact) mass is 416 g/mol. The Bertz CT molecular complexity index is 990. The molecule has 0 spiro atoms. The van der Waals surface area contributed by atoms with E-state index in [1.54, 1.807) is 35.7 Å². The van der Waals surface area contributed by atoms with E-state index < -0.39 is 5.97 Å². The molecule has 8 heteroatoms. The van der Waals surface area contributed by atoms with Crippen LogP contribution in [-0.2, 0) is 16.1 Å². The molecule has 0 bridgehead atoms. The molecule has 0 unspecified atom stereocenters. The lowest BCUT2D eigenvalue weighted by Gasteiger charge is -2.07. The number of hydrogen-bond acceptors (Lipinski definition) is 6. The van der Waals surface area contributed by atoms with Gasteiger partial charge >= 0.3 is 5.97 Å². The summed E-state index contributed by atoms with van der Waals surface area (Å²) in [6.45, 7) is -0.216. The predicted molar refractivity (Wildman–Crippen MR) is 108 cm³/mol. The number of thiazole rings is 1. The largest absolute Gasteiger partial charge is 0.497 e. The first-order valence-corrected chi connectivity index (χ1v) is 9.60. The molecule has 6 nitrogen and oxygen atoms in total. The topological polar surface area (TPSA) is 77.5 Å². The second-order valence-electron chi connectivity index (χ2n) is 5.70. The summed E-state index contributed by atoms with van der Waals surface area (Å²) in [7, 11) is 1.52. The van der Waals surface area contributed by atoms with E-state index in [9.17, 15) is 9.59 Å². The standard InChI is InChI=1S/C20H17ClN2O4S/c1-26-15-6-4-5-13(9-15)19(25)22-10-18(24)27-11-14-12-28-20(23-14)16-7-2-3-8-17(16)21/h2-9,12H,10-11H2,1H3,(H,22,25). The average Bonchev–Trinajstić information content (AvgIpc) is 3.19. The van der Waals surface area contributed by atoms with Crippen LogP contribution in [0.15, 0.2) is 53.9 Å². The number of benzene rings is 2. The van der Waals surface area contributed by atoms with Gasteiger partial charge in [-0.2, -0.15) is 0 Å². The molecule has 3 aromatic rings. The number of ether oxygens (including phenoxy) is 2. The first-order valence-electron chi connectivity index (χ1n) is 8.34. The van der Waals surface area contributed by atoms with Crippen molar-refractivity contribution in [1.29, 1.82) is 0 Å². The number of carbonyl (C=O) groups is 2. The summed E-state index contributed by atoms with van der Waals surface area (Å²) in [6, 6.07) is 14.1. The van der Waals surface area contributed by atoms with Gasteiger partial charge in [-0.15, -0.1) is 11.3 Å². The quantitative estimate of drug-likeness (QED) is 0.590. The molecule has 1 heterocycles. The Kier molecular flexibility index (Phi) is 6.62. The lowest BCUT2D eigenvalue weighted by molar-refractivity contribution is -0.143. The van der Waals surface area contributed by atoms with Crippen molar-refractivity contribution in [2.24, 2.45) is 0 Å². The molecule has 2 aromatic carbocycles. The highest BCUT2D eigenvalue weighted by Crippen LogP contribution is 2.30. The van der Waals surface area contributed by atoms with Crippen LogP contribution in [0.4, 0.5) is 0 Å². The van der Waals surface area contributed by atoms with Gasteiger partial charge in [0.2, 0.25) is 0 Å². The van der Waals surface area contributed by atoms with Crippen LogP contribution in [0.2, 0.25) is 5.02 Å². The molecule has 0 aliphatic heterocycles. The van der Waals surface area contributed by atoms with E-state index >= 15 is 0 Å². The van der Waals surface area contributed by atoms with Crippen molar-refractivity contribution in [3.8, 4) is 16.3 Å². The number of carbonyl (C=O) groups excluding carboxylic acids is 2. The second-order valence-corrected chi connectivity index (χ2v) is 6.96. The summed E-state index contributed by atoms with van der Waals surface area (Å²) in [6.07, 6.45) is 0. The van der Waals surface area contributed by atoms with E-state index in [0.29, 0.717) is 22.0 Å². The smallest absolute Gasteiger partial charge is 0.325 e. The third kappa shape index (κ3) is 5.09. The summed E-state index contributed by atoms with van der Waals surface area (Å²) in [5, 5.41) is 5.69. The summed E-state index contributed by atoms with van der Waals surface area (Å²) < 4.78 is 10.2. The third-order valence-corrected chi connectivity index (χ3v) is 5.02. The molecule has 28 heavy (non-hydrogen) atoms. The highest BCUT2D eigenvalue weighted by atomic mass is 35.5. The van der Waals surface area contributed by atoms with Crippen LogP contribution in [0.25, 0.3) is 10.6 Å². The van der Waals surface area contributed by atoms with Gasteiger partial charge in [-0.1, -0.05) is 35.9 Å². The van der Waals surface area contributed by atoms with Crippen LogP contribution in [-0.4, -0.2) is 30.5 Å². The minimum atomic E-state index is -0.552. The molecular formula is C20H17ClN2O4S. The van der Waals surface area contributed by atoms with Crippen LogP contribution in [0.1, 0.15) is 16.1 Å². The predicted octanol–water partition coefficient (Wildman–Crippen LogP) is 3.95. The Hall–Kier alpha value is -2.90. The van der Waals surface area contributed by atoms with Crippen molar-refractivity contribution in [1.82, 2.24) is 10.3 Å². The fourth-order valence-corrected chi connectivity index (χ4v) is 3.48. The van der Waals surface area contributed by atoms with Gasteiger partial charge in [-0.05, 0) is 24.3 Å². The summed E-state index contributed by atoms with van der Waals surface area (Å²) >= 11 is 7.59. The zero-order valence-electron chi connectivity index (χ0n) is 15.0. The number of nitrogens with one attached hydrogen (secondary N) is 1. The van der Waals surface area contributed by atoms with Gasteiger partial charge in [-0.3, -0.25) is 9.59 Å². The van der Waals surface area contributed by atoms with Gasteiger partial charge in [0.15, 0.2) is 0 Å². The molecule has 1 aromatic heterocycles. The van der Waals surface area contributed by atoms with Crippen molar-refractivity contribution in [2.45, 2.75) is 6.61 Å². The van der Waals surface area contributed by atoms with Crippen molar-refractivity contribution in [2.75, 3.05) is 13.7 Å². The van der Waals surface area contributed by atoms with Crippen LogP contribution >= 0.6 is 22.9 Å². The average molecular weight is 417 g/mol. The van der Waals surface area contributed by atoms with Crippen LogP contribution in [0.5, 0.6) is 5.75 Å². The lowest BCUT2D eigenvalue weighted by Crippen LogP contribution is -2.30. The maximum Gasteiger partial charge on any atom is 0.325 e. The number of methoxy groups -OCH3 is 1. The fourth-order valence-electron chi connectivity index (χ4n) is 2.36. The molecule has 0 aliphatic carbocycles. The molecule has 1 amide bonds. The van der Waals surface area contributed by atoms with Gasteiger partial charge in [-0.25, -0.2) is 4.98 Å². The van der Waals surface area contributed by atoms with Gasteiger partial charge in [0, 0.05) is 16.5 Å². The van der Waals surface area contributed by atoms with E-state index in [4.69, 9.17) is 21.1 Å².